The Morgan fingerprint density at radius 2 is 1.00 bits per heavy atom. The highest BCUT2D eigenvalue weighted by Crippen LogP contribution is 2.50. The van der Waals surface area contributed by atoms with Crippen molar-refractivity contribution in [2.45, 2.75) is 23.1 Å². The highest BCUT2D eigenvalue weighted by molar-refractivity contribution is 5.23. The summed E-state index contributed by atoms with van der Waals surface area (Å²) in [6.45, 7) is 0. The Hall–Kier alpha value is -0.760. The number of rotatable bonds is 0. The van der Waals surface area contributed by atoms with Crippen molar-refractivity contribution in [3.05, 3.63) is 0 Å². The fourth-order valence-corrected chi connectivity index (χ4v) is 1.43. The van der Waals surface area contributed by atoms with Gasteiger partial charge in [-0.2, -0.15) is 0 Å². The highest BCUT2D eigenvalue weighted by Gasteiger charge is 2.83. The van der Waals surface area contributed by atoms with E-state index in [2.05, 4.69) is 0 Å². The molecule has 0 radical (unpaired) electrons. The molecule has 0 heterocycles. The van der Waals surface area contributed by atoms with Crippen molar-refractivity contribution in [2.75, 3.05) is 0 Å². The zero-order valence-corrected chi connectivity index (χ0v) is 7.23. The van der Waals surface area contributed by atoms with Crippen LogP contribution in [-0.4, -0.2) is 64.0 Å². The first-order valence-corrected chi connectivity index (χ1v) is 3.69. The number of terminal acetylenes is 1. The highest BCUT2D eigenvalue weighted by atomic mass is 16.7. The van der Waals surface area contributed by atoms with Gasteiger partial charge in [-0.25, -0.2) is 0 Å². The zero-order valence-electron chi connectivity index (χ0n) is 7.23. The van der Waals surface area contributed by atoms with Gasteiger partial charge in [-0.05, 0) is 0 Å². The molecule has 8 N–H and O–H groups in total. The average molecular weight is 222 g/mol. The van der Waals surface area contributed by atoms with E-state index in [4.69, 9.17) is 47.3 Å². The maximum atomic E-state index is 9.13. The van der Waals surface area contributed by atoms with Gasteiger partial charge in [-0.15, -0.1) is 6.42 Å². The lowest BCUT2D eigenvalue weighted by atomic mass is 9.98. The van der Waals surface area contributed by atoms with E-state index in [9.17, 15) is 0 Å². The molecule has 0 aromatic heterocycles. The Bertz CT molecular complexity index is 296. The van der Waals surface area contributed by atoms with Crippen molar-refractivity contribution in [3.63, 3.8) is 0 Å². The molecular weight excluding hydrogens is 212 g/mol. The minimum Gasteiger partial charge on any atom is -0.360 e. The molecular formula is C7H10O8. The van der Waals surface area contributed by atoms with E-state index >= 15 is 0 Å². The third kappa shape index (κ3) is 1.03. The lowest BCUT2D eigenvalue weighted by Gasteiger charge is -2.35. The predicted octanol–water partition coefficient (Wildman–Crippen LogP) is -5.03. The van der Waals surface area contributed by atoms with Crippen LogP contribution in [0.1, 0.15) is 0 Å². The van der Waals surface area contributed by atoms with Crippen LogP contribution in [0.25, 0.3) is 0 Å². The van der Waals surface area contributed by atoms with Crippen molar-refractivity contribution < 1.29 is 40.9 Å². The summed E-state index contributed by atoms with van der Waals surface area (Å²) in [6.07, 6.45) is 4.69. The van der Waals surface area contributed by atoms with Gasteiger partial charge in [0.2, 0.25) is 11.6 Å². The van der Waals surface area contributed by atoms with Gasteiger partial charge in [-0.3, -0.25) is 0 Å². The second-order valence-corrected chi connectivity index (χ2v) is 3.40. The van der Waals surface area contributed by atoms with E-state index in [1.54, 1.807) is 0 Å². The summed E-state index contributed by atoms with van der Waals surface area (Å²) in [5.41, 5.74) is 0. The van der Waals surface area contributed by atoms with E-state index < -0.39 is 29.1 Å². The van der Waals surface area contributed by atoms with Gasteiger partial charge in [0.15, 0.2) is 0 Å². The van der Waals surface area contributed by atoms with Crippen LogP contribution < -0.4 is 0 Å². The van der Waals surface area contributed by atoms with Crippen molar-refractivity contribution >= 4 is 0 Å². The maximum absolute atomic E-state index is 9.13. The monoisotopic (exact) mass is 222 g/mol. The topological polar surface area (TPSA) is 162 Å². The van der Waals surface area contributed by atoms with E-state index in [1.165, 1.54) is 5.92 Å². The molecule has 1 fully saturated rings. The summed E-state index contributed by atoms with van der Waals surface area (Å²) < 4.78 is 0. The summed E-state index contributed by atoms with van der Waals surface area (Å²) in [7, 11) is 0. The van der Waals surface area contributed by atoms with Gasteiger partial charge in [0, 0.05) is 0 Å². The average Bonchev–Trinajstić information content (AvgIpc) is 2.07. The van der Waals surface area contributed by atoms with Crippen LogP contribution in [0, 0.1) is 18.3 Å². The number of hydrogen-bond acceptors (Lipinski definition) is 8. The Kier molecular flexibility index (Phi) is 2.19. The smallest absolute Gasteiger partial charge is 0.281 e. The van der Waals surface area contributed by atoms with Crippen LogP contribution in [0.3, 0.4) is 0 Å². The molecule has 0 aliphatic heterocycles. The SMILES string of the molecule is C#CC1C(O)(O)C(O)(O)C(O)(O)C1(O)O. The first kappa shape index (κ1) is 12.3. The van der Waals surface area contributed by atoms with E-state index in [1.807, 2.05) is 0 Å². The number of hydrogen-bond donors (Lipinski definition) is 8. The van der Waals surface area contributed by atoms with Crippen LogP contribution in [0.5, 0.6) is 0 Å². The Morgan fingerprint density at radius 1 is 0.733 bits per heavy atom. The standard InChI is InChI=1S/C7H10O8/c1-2-3-4(8,9)6(12,13)7(14,15)5(3,10)11/h1,3,8-15H. The van der Waals surface area contributed by atoms with Crippen LogP contribution >= 0.6 is 0 Å². The maximum Gasteiger partial charge on any atom is 0.281 e. The van der Waals surface area contributed by atoms with Gasteiger partial charge < -0.3 is 40.9 Å². The first-order chi connectivity index (χ1) is 6.44. The summed E-state index contributed by atoms with van der Waals surface area (Å²) in [5.74, 6) is -16.5. The van der Waals surface area contributed by atoms with Crippen LogP contribution in [0.2, 0.25) is 0 Å². The summed E-state index contributed by atoms with van der Waals surface area (Å²) in [5, 5.41) is 72.6. The normalized spacial score (nSPS) is 31.1. The first-order valence-electron chi connectivity index (χ1n) is 3.69. The Balaban J connectivity index is 3.48. The van der Waals surface area contributed by atoms with Crippen LogP contribution in [0.4, 0.5) is 0 Å². The fourth-order valence-electron chi connectivity index (χ4n) is 1.43. The quantitative estimate of drug-likeness (QED) is 0.149. The molecule has 8 heteroatoms. The summed E-state index contributed by atoms with van der Waals surface area (Å²) >= 11 is 0. The largest absolute Gasteiger partial charge is 0.360 e. The summed E-state index contributed by atoms with van der Waals surface area (Å²) in [4.78, 5) is 0. The molecule has 86 valence electrons. The molecule has 1 saturated carbocycles. The van der Waals surface area contributed by atoms with Gasteiger partial charge in [0.05, 0.1) is 0 Å². The zero-order chi connectivity index (χ0) is 12.3. The molecule has 0 bridgehead atoms. The molecule has 0 aromatic rings. The van der Waals surface area contributed by atoms with Crippen molar-refractivity contribution in [1.82, 2.24) is 0 Å². The fraction of sp³-hybridized carbons (Fsp3) is 0.714. The molecule has 0 atom stereocenters. The van der Waals surface area contributed by atoms with Gasteiger partial charge in [0.1, 0.15) is 5.92 Å². The molecule has 1 aliphatic carbocycles. The molecule has 0 unspecified atom stereocenters. The second-order valence-electron chi connectivity index (χ2n) is 3.40. The second kappa shape index (κ2) is 2.67. The van der Waals surface area contributed by atoms with Crippen LogP contribution in [0.15, 0.2) is 0 Å². The number of aliphatic hydroxyl groups is 8. The summed E-state index contributed by atoms with van der Waals surface area (Å²) in [6, 6.07) is 0. The molecule has 8 nitrogen and oxygen atoms in total. The van der Waals surface area contributed by atoms with Crippen molar-refractivity contribution in [3.8, 4) is 12.3 Å². The third-order valence-corrected chi connectivity index (χ3v) is 2.48. The molecule has 0 amide bonds. The van der Waals surface area contributed by atoms with E-state index in [0.29, 0.717) is 0 Å². The van der Waals surface area contributed by atoms with E-state index in [-0.39, 0.29) is 0 Å². The molecule has 0 saturated heterocycles. The van der Waals surface area contributed by atoms with Gasteiger partial charge in [0.25, 0.3) is 11.6 Å². The minimum atomic E-state index is -4.03. The lowest BCUT2D eigenvalue weighted by molar-refractivity contribution is -0.452. The minimum absolute atomic E-state index is 1.42. The molecule has 1 rings (SSSR count). The molecule has 1 aliphatic rings. The predicted molar refractivity (Wildman–Crippen MR) is 41.0 cm³/mol. The third-order valence-electron chi connectivity index (χ3n) is 2.48. The Labute approximate surface area is 83.3 Å². The lowest BCUT2D eigenvalue weighted by Crippen LogP contribution is -2.66. The van der Waals surface area contributed by atoms with Crippen molar-refractivity contribution in [1.29, 1.82) is 0 Å². The van der Waals surface area contributed by atoms with Gasteiger partial charge in [-0.1, -0.05) is 5.92 Å². The molecule has 0 spiro atoms. The Morgan fingerprint density at radius 3 is 1.13 bits per heavy atom. The van der Waals surface area contributed by atoms with Crippen LogP contribution in [-0.2, 0) is 0 Å². The molecule has 15 heavy (non-hydrogen) atoms. The van der Waals surface area contributed by atoms with Gasteiger partial charge >= 0.3 is 0 Å². The van der Waals surface area contributed by atoms with Crippen molar-refractivity contribution in [2.24, 2.45) is 5.92 Å². The molecule has 0 aromatic carbocycles. The van der Waals surface area contributed by atoms with E-state index in [0.717, 1.165) is 0 Å².